The predicted octanol–water partition coefficient (Wildman–Crippen LogP) is 4.50. The maximum Gasteiger partial charge on any atom is 0.263 e. The SMILES string of the molecule is CCc1sc2nc(Sc3ccc(C#N)nn3)n(Cc3ccc(C)cc3)c(=O)c2c1C. The number of fused-ring (bicyclic) bond motifs is 1. The van der Waals surface area contributed by atoms with Gasteiger partial charge in [-0.2, -0.15) is 5.26 Å². The van der Waals surface area contributed by atoms with E-state index in [1.807, 2.05) is 44.2 Å². The van der Waals surface area contributed by atoms with E-state index in [1.165, 1.54) is 22.2 Å². The van der Waals surface area contributed by atoms with Crippen molar-refractivity contribution >= 4 is 33.3 Å². The van der Waals surface area contributed by atoms with Crippen molar-refractivity contribution in [3.05, 3.63) is 74.0 Å². The maximum absolute atomic E-state index is 13.5. The van der Waals surface area contributed by atoms with Crippen LogP contribution in [0.5, 0.6) is 0 Å². The highest BCUT2D eigenvalue weighted by Gasteiger charge is 2.19. The zero-order valence-electron chi connectivity index (χ0n) is 16.8. The molecule has 0 radical (unpaired) electrons. The van der Waals surface area contributed by atoms with Crippen molar-refractivity contribution in [2.45, 2.75) is 43.9 Å². The van der Waals surface area contributed by atoms with Gasteiger partial charge in [-0.1, -0.05) is 36.8 Å². The topological polar surface area (TPSA) is 84.5 Å². The third-order valence-corrected chi connectivity index (χ3v) is 7.10. The molecule has 4 aromatic rings. The molecule has 0 amide bonds. The first-order valence-corrected chi connectivity index (χ1v) is 11.1. The smallest absolute Gasteiger partial charge is 0.263 e. The van der Waals surface area contributed by atoms with E-state index in [4.69, 9.17) is 10.2 Å². The van der Waals surface area contributed by atoms with Gasteiger partial charge in [0.25, 0.3) is 5.56 Å². The normalized spacial score (nSPS) is 11.0. The summed E-state index contributed by atoms with van der Waals surface area (Å²) in [5.74, 6) is 0. The van der Waals surface area contributed by atoms with Gasteiger partial charge >= 0.3 is 0 Å². The standard InChI is InChI=1S/C22H19N5OS2/c1-4-17-14(3)19-20(29-17)24-22(30-18-10-9-16(11-23)25-26-18)27(21(19)28)12-15-7-5-13(2)6-8-15/h5-10H,4,12H2,1-3H3. The summed E-state index contributed by atoms with van der Waals surface area (Å²) >= 11 is 2.85. The minimum Gasteiger partial charge on any atom is -0.282 e. The molecule has 0 fully saturated rings. The Bertz CT molecular complexity index is 1320. The van der Waals surface area contributed by atoms with Gasteiger partial charge in [0.2, 0.25) is 0 Å². The van der Waals surface area contributed by atoms with E-state index < -0.39 is 0 Å². The molecule has 8 heteroatoms. The van der Waals surface area contributed by atoms with E-state index in [2.05, 4.69) is 17.1 Å². The fourth-order valence-corrected chi connectivity index (χ4v) is 5.17. The van der Waals surface area contributed by atoms with E-state index in [0.717, 1.165) is 22.4 Å². The molecule has 0 atom stereocenters. The number of thiophene rings is 1. The molecule has 0 aliphatic heterocycles. The lowest BCUT2D eigenvalue weighted by Gasteiger charge is -2.12. The van der Waals surface area contributed by atoms with Gasteiger partial charge in [-0.05, 0) is 55.3 Å². The van der Waals surface area contributed by atoms with Crippen molar-refractivity contribution in [3.8, 4) is 6.07 Å². The van der Waals surface area contributed by atoms with E-state index in [-0.39, 0.29) is 11.3 Å². The number of hydrogen-bond acceptors (Lipinski definition) is 7. The lowest BCUT2D eigenvalue weighted by atomic mass is 10.1. The first-order valence-electron chi connectivity index (χ1n) is 9.50. The highest BCUT2D eigenvalue weighted by atomic mass is 32.2. The van der Waals surface area contributed by atoms with Crippen LogP contribution in [0.3, 0.4) is 0 Å². The fraction of sp³-hybridized carbons (Fsp3) is 0.227. The van der Waals surface area contributed by atoms with E-state index in [0.29, 0.717) is 22.1 Å². The van der Waals surface area contributed by atoms with Crippen molar-refractivity contribution in [3.63, 3.8) is 0 Å². The maximum atomic E-state index is 13.5. The van der Waals surface area contributed by atoms with Crippen molar-refractivity contribution in [1.29, 1.82) is 5.26 Å². The lowest BCUT2D eigenvalue weighted by molar-refractivity contribution is 0.658. The molecule has 0 aliphatic rings. The Balaban J connectivity index is 1.85. The van der Waals surface area contributed by atoms with Gasteiger partial charge in [0.1, 0.15) is 15.9 Å². The van der Waals surface area contributed by atoms with Crippen LogP contribution in [0.1, 0.15) is 34.2 Å². The highest BCUT2D eigenvalue weighted by molar-refractivity contribution is 7.99. The van der Waals surface area contributed by atoms with Crippen LogP contribution in [0.4, 0.5) is 0 Å². The average molecular weight is 434 g/mol. The lowest BCUT2D eigenvalue weighted by Crippen LogP contribution is -2.24. The van der Waals surface area contributed by atoms with E-state index in [1.54, 1.807) is 28.0 Å². The Morgan fingerprint density at radius 3 is 2.53 bits per heavy atom. The molecular weight excluding hydrogens is 414 g/mol. The van der Waals surface area contributed by atoms with Crippen LogP contribution in [0, 0.1) is 25.2 Å². The zero-order valence-corrected chi connectivity index (χ0v) is 18.5. The van der Waals surface area contributed by atoms with Crippen LogP contribution in [0.2, 0.25) is 0 Å². The minimum atomic E-state index is -0.0434. The molecule has 3 aromatic heterocycles. The molecule has 0 bridgehead atoms. The number of nitrogens with zero attached hydrogens (tertiary/aromatic N) is 5. The van der Waals surface area contributed by atoms with Crippen LogP contribution < -0.4 is 5.56 Å². The average Bonchev–Trinajstić information content (AvgIpc) is 3.08. The minimum absolute atomic E-state index is 0.0434. The Morgan fingerprint density at radius 2 is 1.90 bits per heavy atom. The Labute approximate surface area is 182 Å². The fourth-order valence-electron chi connectivity index (χ4n) is 3.20. The molecule has 0 unspecified atom stereocenters. The molecule has 0 saturated carbocycles. The van der Waals surface area contributed by atoms with E-state index in [9.17, 15) is 4.79 Å². The van der Waals surface area contributed by atoms with Gasteiger partial charge in [-0.3, -0.25) is 9.36 Å². The number of hydrogen-bond donors (Lipinski definition) is 0. The number of aromatic nitrogens is 4. The quantitative estimate of drug-likeness (QED) is 0.431. The predicted molar refractivity (Wildman–Crippen MR) is 119 cm³/mol. The first kappa shape index (κ1) is 20.3. The molecule has 0 N–H and O–H groups in total. The molecule has 3 heterocycles. The van der Waals surface area contributed by atoms with Gasteiger partial charge in [0.15, 0.2) is 10.9 Å². The summed E-state index contributed by atoms with van der Waals surface area (Å²) in [6.45, 7) is 6.54. The summed E-state index contributed by atoms with van der Waals surface area (Å²) in [5.41, 5.74) is 3.42. The Hall–Kier alpha value is -3.02. The summed E-state index contributed by atoms with van der Waals surface area (Å²) in [7, 11) is 0. The first-order chi connectivity index (χ1) is 14.5. The van der Waals surface area contributed by atoms with Crippen molar-refractivity contribution in [1.82, 2.24) is 19.7 Å². The number of nitriles is 1. The molecular formula is C22H19N5OS2. The molecule has 1 aromatic carbocycles. The van der Waals surface area contributed by atoms with Crippen molar-refractivity contribution in [2.75, 3.05) is 0 Å². The number of benzene rings is 1. The van der Waals surface area contributed by atoms with Gasteiger partial charge in [-0.15, -0.1) is 21.5 Å². The van der Waals surface area contributed by atoms with Crippen LogP contribution in [0.15, 0.2) is 51.4 Å². The molecule has 0 aliphatic carbocycles. The van der Waals surface area contributed by atoms with Gasteiger partial charge < -0.3 is 0 Å². The summed E-state index contributed by atoms with van der Waals surface area (Å²) in [6, 6.07) is 13.4. The monoisotopic (exact) mass is 433 g/mol. The number of aryl methyl sites for hydroxylation is 3. The Kier molecular flexibility index (Phi) is 5.66. The second-order valence-electron chi connectivity index (χ2n) is 6.93. The van der Waals surface area contributed by atoms with Crippen LogP contribution in [-0.4, -0.2) is 19.7 Å². The van der Waals surface area contributed by atoms with Crippen molar-refractivity contribution in [2.24, 2.45) is 0 Å². The van der Waals surface area contributed by atoms with E-state index >= 15 is 0 Å². The summed E-state index contributed by atoms with van der Waals surface area (Å²) in [5, 5.41) is 18.8. The molecule has 30 heavy (non-hydrogen) atoms. The molecule has 0 saturated heterocycles. The zero-order chi connectivity index (χ0) is 21.3. The second-order valence-corrected chi connectivity index (χ2v) is 9.00. The van der Waals surface area contributed by atoms with Crippen LogP contribution in [0.25, 0.3) is 10.2 Å². The van der Waals surface area contributed by atoms with Gasteiger partial charge in [0.05, 0.1) is 11.9 Å². The summed E-state index contributed by atoms with van der Waals surface area (Å²) in [6.07, 6.45) is 0.869. The van der Waals surface area contributed by atoms with Gasteiger partial charge in [0, 0.05) is 4.88 Å². The molecule has 6 nitrogen and oxygen atoms in total. The Morgan fingerprint density at radius 1 is 1.13 bits per heavy atom. The van der Waals surface area contributed by atoms with Gasteiger partial charge in [-0.25, -0.2) is 4.98 Å². The number of rotatable bonds is 5. The summed E-state index contributed by atoms with van der Waals surface area (Å²) in [4.78, 5) is 20.3. The molecule has 0 spiro atoms. The van der Waals surface area contributed by atoms with Crippen LogP contribution in [-0.2, 0) is 13.0 Å². The van der Waals surface area contributed by atoms with Crippen molar-refractivity contribution < 1.29 is 0 Å². The third-order valence-electron chi connectivity index (χ3n) is 4.85. The molecule has 4 rings (SSSR count). The second kappa shape index (κ2) is 8.38. The molecule has 150 valence electrons. The highest BCUT2D eigenvalue weighted by Crippen LogP contribution is 2.31. The summed E-state index contributed by atoms with van der Waals surface area (Å²) < 4.78 is 1.71. The largest absolute Gasteiger partial charge is 0.282 e. The van der Waals surface area contributed by atoms with Crippen LogP contribution >= 0.6 is 23.1 Å². The third kappa shape index (κ3) is 3.86.